The predicted molar refractivity (Wildman–Crippen MR) is 74.3 cm³/mol. The Morgan fingerprint density at radius 2 is 1.82 bits per heavy atom. The molecule has 0 saturated carbocycles. The van der Waals surface area contributed by atoms with Gasteiger partial charge in [-0.1, -0.05) is 18.6 Å². The van der Waals surface area contributed by atoms with Gasteiger partial charge in [0.25, 0.3) is 0 Å². The van der Waals surface area contributed by atoms with Gasteiger partial charge in [0.05, 0.1) is 7.11 Å². The fourth-order valence-electron chi connectivity index (χ4n) is 2.64. The summed E-state index contributed by atoms with van der Waals surface area (Å²) in [6, 6.07) is 5.06. The van der Waals surface area contributed by atoms with E-state index in [-0.39, 0.29) is 12.4 Å². The van der Waals surface area contributed by atoms with Crippen molar-refractivity contribution in [3.63, 3.8) is 0 Å². The number of benzene rings is 1. The first-order valence-electron chi connectivity index (χ1n) is 6.11. The summed E-state index contributed by atoms with van der Waals surface area (Å²) in [5, 5.41) is 3.59. The summed E-state index contributed by atoms with van der Waals surface area (Å²) in [4.78, 5) is 0. The zero-order valence-electron chi connectivity index (χ0n) is 10.9. The molecular weight excluding hydrogens is 234 g/mol. The molecule has 1 fully saturated rings. The summed E-state index contributed by atoms with van der Waals surface area (Å²) >= 11 is 0. The van der Waals surface area contributed by atoms with Crippen molar-refractivity contribution >= 4 is 12.4 Å². The molecular formula is C14H22ClNO. The number of halogens is 1. The summed E-state index contributed by atoms with van der Waals surface area (Å²) < 4.78 is 5.40. The minimum absolute atomic E-state index is 0. The van der Waals surface area contributed by atoms with Crippen LogP contribution in [0.1, 0.15) is 42.0 Å². The van der Waals surface area contributed by atoms with Crippen LogP contribution in [0.25, 0.3) is 0 Å². The van der Waals surface area contributed by atoms with Crippen LogP contribution in [0.4, 0.5) is 0 Å². The van der Waals surface area contributed by atoms with Gasteiger partial charge in [0, 0.05) is 6.04 Å². The molecule has 1 aromatic rings. The third-order valence-corrected chi connectivity index (χ3v) is 3.40. The quantitative estimate of drug-likeness (QED) is 0.873. The number of nitrogens with one attached hydrogen (secondary N) is 1. The molecule has 1 aromatic carbocycles. The van der Waals surface area contributed by atoms with Gasteiger partial charge in [-0.3, -0.25) is 0 Å². The molecule has 1 heterocycles. The molecule has 1 aliphatic heterocycles. The van der Waals surface area contributed by atoms with Crippen molar-refractivity contribution in [3.8, 4) is 5.75 Å². The monoisotopic (exact) mass is 255 g/mol. The van der Waals surface area contributed by atoms with Gasteiger partial charge in [-0.25, -0.2) is 0 Å². The van der Waals surface area contributed by atoms with E-state index in [4.69, 9.17) is 4.74 Å². The lowest BCUT2D eigenvalue weighted by atomic mass is 9.94. The molecule has 1 atom stereocenters. The fourth-order valence-corrected chi connectivity index (χ4v) is 2.64. The van der Waals surface area contributed by atoms with Crippen LogP contribution in [-0.4, -0.2) is 13.7 Å². The second-order valence-electron chi connectivity index (χ2n) is 4.69. The maximum atomic E-state index is 5.40. The lowest BCUT2D eigenvalue weighted by Gasteiger charge is -2.25. The van der Waals surface area contributed by atoms with E-state index in [9.17, 15) is 0 Å². The van der Waals surface area contributed by atoms with Crippen LogP contribution in [0.3, 0.4) is 0 Å². The molecule has 2 rings (SSSR count). The Balaban J connectivity index is 0.00000144. The van der Waals surface area contributed by atoms with E-state index in [0.717, 1.165) is 12.3 Å². The molecule has 0 spiro atoms. The predicted octanol–water partition coefficient (Wildman–Crippen LogP) is 3.55. The van der Waals surface area contributed by atoms with Crippen molar-refractivity contribution < 1.29 is 4.74 Å². The molecule has 3 heteroatoms. The summed E-state index contributed by atoms with van der Waals surface area (Å²) in [6.07, 6.45) is 3.90. The van der Waals surface area contributed by atoms with Crippen LogP contribution in [0.5, 0.6) is 5.75 Å². The Hall–Kier alpha value is -0.730. The molecule has 1 N–H and O–H groups in total. The second kappa shape index (κ2) is 6.27. The standard InChI is InChI=1S/C14H21NO.ClH/c1-10-8-12(9-11(2)14(10)16-3)13-6-4-5-7-15-13;/h8-9,13,15H,4-7H2,1-3H3;1H/t13-;/m1./s1. The van der Waals surface area contributed by atoms with E-state index in [0.29, 0.717) is 6.04 Å². The van der Waals surface area contributed by atoms with Crippen LogP contribution in [0.2, 0.25) is 0 Å². The topological polar surface area (TPSA) is 21.3 Å². The summed E-state index contributed by atoms with van der Waals surface area (Å²) in [6.45, 7) is 5.39. The van der Waals surface area contributed by atoms with E-state index in [1.807, 2.05) is 0 Å². The molecule has 0 aliphatic carbocycles. The second-order valence-corrected chi connectivity index (χ2v) is 4.69. The molecule has 0 bridgehead atoms. The SMILES string of the molecule is COc1c(C)cc([C@H]2CCCCN2)cc1C.Cl. The van der Waals surface area contributed by atoms with E-state index in [1.54, 1.807) is 7.11 Å². The van der Waals surface area contributed by atoms with Crippen molar-refractivity contribution in [2.75, 3.05) is 13.7 Å². The van der Waals surface area contributed by atoms with E-state index in [1.165, 1.54) is 36.0 Å². The number of piperidine rings is 1. The first-order chi connectivity index (χ1) is 7.72. The van der Waals surface area contributed by atoms with Crippen LogP contribution in [-0.2, 0) is 0 Å². The molecule has 96 valence electrons. The minimum atomic E-state index is 0. The van der Waals surface area contributed by atoms with E-state index >= 15 is 0 Å². The summed E-state index contributed by atoms with van der Waals surface area (Å²) in [5.74, 6) is 1.03. The summed E-state index contributed by atoms with van der Waals surface area (Å²) in [5.41, 5.74) is 3.89. The first-order valence-corrected chi connectivity index (χ1v) is 6.11. The van der Waals surface area contributed by atoms with Crippen LogP contribution in [0.15, 0.2) is 12.1 Å². The highest BCUT2D eigenvalue weighted by molar-refractivity contribution is 5.85. The maximum Gasteiger partial charge on any atom is 0.124 e. The van der Waals surface area contributed by atoms with E-state index in [2.05, 4.69) is 31.3 Å². The highest BCUT2D eigenvalue weighted by atomic mass is 35.5. The van der Waals surface area contributed by atoms with Gasteiger partial charge < -0.3 is 10.1 Å². The normalized spacial score (nSPS) is 19.6. The number of rotatable bonds is 2. The summed E-state index contributed by atoms with van der Waals surface area (Å²) in [7, 11) is 1.74. The molecule has 2 nitrogen and oxygen atoms in total. The minimum Gasteiger partial charge on any atom is -0.496 e. The third kappa shape index (κ3) is 3.14. The van der Waals surface area contributed by atoms with Gasteiger partial charge in [-0.05, 0) is 49.9 Å². The number of methoxy groups -OCH3 is 1. The van der Waals surface area contributed by atoms with Crippen molar-refractivity contribution in [2.45, 2.75) is 39.2 Å². The van der Waals surface area contributed by atoms with Gasteiger partial charge in [0.2, 0.25) is 0 Å². The van der Waals surface area contributed by atoms with Crippen molar-refractivity contribution in [1.29, 1.82) is 0 Å². The van der Waals surface area contributed by atoms with Crippen molar-refractivity contribution in [1.82, 2.24) is 5.32 Å². The zero-order chi connectivity index (χ0) is 11.5. The van der Waals surface area contributed by atoms with Gasteiger partial charge in [-0.2, -0.15) is 0 Å². The third-order valence-electron chi connectivity index (χ3n) is 3.40. The highest BCUT2D eigenvalue weighted by Gasteiger charge is 2.16. The Labute approximate surface area is 110 Å². The van der Waals surface area contributed by atoms with Crippen LogP contribution >= 0.6 is 12.4 Å². The smallest absolute Gasteiger partial charge is 0.124 e. The average molecular weight is 256 g/mol. The molecule has 0 amide bonds. The lowest BCUT2D eigenvalue weighted by molar-refractivity contribution is 0.401. The van der Waals surface area contributed by atoms with Crippen LogP contribution < -0.4 is 10.1 Å². The van der Waals surface area contributed by atoms with E-state index < -0.39 is 0 Å². The largest absolute Gasteiger partial charge is 0.496 e. The molecule has 0 radical (unpaired) electrons. The number of hydrogen-bond donors (Lipinski definition) is 1. The Morgan fingerprint density at radius 1 is 1.18 bits per heavy atom. The number of aryl methyl sites for hydroxylation is 2. The fraction of sp³-hybridized carbons (Fsp3) is 0.571. The maximum absolute atomic E-state index is 5.40. The van der Waals surface area contributed by atoms with Crippen molar-refractivity contribution in [2.24, 2.45) is 0 Å². The Morgan fingerprint density at radius 3 is 2.29 bits per heavy atom. The molecule has 1 saturated heterocycles. The molecule has 0 unspecified atom stereocenters. The van der Waals surface area contributed by atoms with Gasteiger partial charge in [-0.15, -0.1) is 12.4 Å². The highest BCUT2D eigenvalue weighted by Crippen LogP contribution is 2.30. The van der Waals surface area contributed by atoms with Crippen LogP contribution in [0, 0.1) is 13.8 Å². The molecule has 17 heavy (non-hydrogen) atoms. The number of hydrogen-bond acceptors (Lipinski definition) is 2. The first kappa shape index (κ1) is 14.3. The Bertz CT molecular complexity index is 349. The Kier molecular flexibility index (Phi) is 5.29. The lowest BCUT2D eigenvalue weighted by Crippen LogP contribution is -2.26. The van der Waals surface area contributed by atoms with Gasteiger partial charge in [0.1, 0.15) is 5.75 Å². The average Bonchev–Trinajstić information content (AvgIpc) is 2.30. The van der Waals surface area contributed by atoms with Crippen molar-refractivity contribution in [3.05, 3.63) is 28.8 Å². The number of ether oxygens (including phenoxy) is 1. The zero-order valence-corrected chi connectivity index (χ0v) is 11.7. The van der Waals surface area contributed by atoms with Gasteiger partial charge in [0.15, 0.2) is 0 Å². The van der Waals surface area contributed by atoms with Gasteiger partial charge >= 0.3 is 0 Å². The molecule has 0 aromatic heterocycles. The molecule has 1 aliphatic rings.